The Balaban J connectivity index is 1.71. The molecule has 3 aromatic rings. The van der Waals surface area contributed by atoms with Gasteiger partial charge in [-0.2, -0.15) is 0 Å². The van der Waals surface area contributed by atoms with Crippen LogP contribution in [0.15, 0.2) is 77.7 Å². The molecule has 6 nitrogen and oxygen atoms in total. The molecule has 7 heteroatoms. The van der Waals surface area contributed by atoms with E-state index in [1.54, 1.807) is 13.0 Å². The molecule has 0 saturated carbocycles. The molecule has 0 bridgehead atoms. The second-order valence-electron chi connectivity index (χ2n) is 8.10. The van der Waals surface area contributed by atoms with E-state index in [1.807, 2.05) is 68.4 Å². The SMILES string of the molecule is Cc1ccc(S(=O)(=O)NCc2ccccc2)cc1C(=O)NCc1ccccc1COC(C)C. The topological polar surface area (TPSA) is 84.5 Å². The molecular weight excluding hydrogens is 436 g/mol. The molecule has 0 aliphatic heterocycles. The normalized spacial score (nSPS) is 11.5. The van der Waals surface area contributed by atoms with Crippen molar-refractivity contribution < 1.29 is 17.9 Å². The van der Waals surface area contributed by atoms with Crippen LogP contribution in [0.5, 0.6) is 0 Å². The molecule has 0 spiro atoms. The van der Waals surface area contributed by atoms with Crippen LogP contribution < -0.4 is 10.0 Å². The maximum absolute atomic E-state index is 12.9. The van der Waals surface area contributed by atoms with Crippen molar-refractivity contribution in [3.63, 3.8) is 0 Å². The van der Waals surface area contributed by atoms with Gasteiger partial charge >= 0.3 is 0 Å². The van der Waals surface area contributed by atoms with Gasteiger partial charge in [0, 0.05) is 18.7 Å². The van der Waals surface area contributed by atoms with Gasteiger partial charge in [-0.1, -0.05) is 60.7 Å². The van der Waals surface area contributed by atoms with Crippen molar-refractivity contribution in [1.29, 1.82) is 0 Å². The minimum atomic E-state index is -3.77. The van der Waals surface area contributed by atoms with Crippen LogP contribution in [-0.4, -0.2) is 20.4 Å². The van der Waals surface area contributed by atoms with E-state index in [0.29, 0.717) is 24.3 Å². The molecule has 0 aliphatic rings. The molecule has 0 saturated heterocycles. The van der Waals surface area contributed by atoms with Crippen molar-refractivity contribution in [2.24, 2.45) is 0 Å². The minimum absolute atomic E-state index is 0.0555. The zero-order chi connectivity index (χ0) is 23.8. The molecule has 0 atom stereocenters. The first kappa shape index (κ1) is 24.6. The fourth-order valence-corrected chi connectivity index (χ4v) is 4.31. The van der Waals surface area contributed by atoms with Crippen molar-refractivity contribution in [3.05, 3.63) is 101 Å². The van der Waals surface area contributed by atoms with E-state index in [-0.39, 0.29) is 23.5 Å². The molecule has 174 valence electrons. The Morgan fingerprint density at radius 2 is 1.58 bits per heavy atom. The molecule has 0 aromatic heterocycles. The number of nitrogens with one attached hydrogen (secondary N) is 2. The molecule has 2 N–H and O–H groups in total. The van der Waals surface area contributed by atoms with Gasteiger partial charge in [0.1, 0.15) is 0 Å². The van der Waals surface area contributed by atoms with Crippen LogP contribution in [0, 0.1) is 6.92 Å². The van der Waals surface area contributed by atoms with Crippen LogP contribution in [0.1, 0.15) is 46.5 Å². The lowest BCUT2D eigenvalue weighted by Crippen LogP contribution is -2.26. The molecule has 0 radical (unpaired) electrons. The van der Waals surface area contributed by atoms with Crippen LogP contribution in [0.3, 0.4) is 0 Å². The summed E-state index contributed by atoms with van der Waals surface area (Å²) in [5.74, 6) is -0.327. The van der Waals surface area contributed by atoms with Crippen LogP contribution in [-0.2, 0) is 34.5 Å². The highest BCUT2D eigenvalue weighted by Crippen LogP contribution is 2.17. The first-order valence-electron chi connectivity index (χ1n) is 10.9. The third-order valence-corrected chi connectivity index (χ3v) is 6.60. The van der Waals surface area contributed by atoms with Crippen molar-refractivity contribution in [2.45, 2.75) is 51.5 Å². The van der Waals surface area contributed by atoms with Gasteiger partial charge in [-0.05, 0) is 55.2 Å². The summed E-state index contributed by atoms with van der Waals surface area (Å²) in [5.41, 5.74) is 3.84. The number of carbonyl (C=O) groups is 1. The Morgan fingerprint density at radius 1 is 0.909 bits per heavy atom. The Hall–Kier alpha value is -3.00. The smallest absolute Gasteiger partial charge is 0.251 e. The predicted octanol–water partition coefficient (Wildman–Crippen LogP) is 4.33. The van der Waals surface area contributed by atoms with E-state index in [2.05, 4.69) is 10.0 Å². The largest absolute Gasteiger partial charge is 0.374 e. The van der Waals surface area contributed by atoms with E-state index in [4.69, 9.17) is 4.74 Å². The summed E-state index contributed by atoms with van der Waals surface area (Å²) in [6.07, 6.45) is 0.107. The standard InChI is InChI=1S/C26H30N2O4S/c1-19(2)32-18-23-12-8-7-11-22(23)17-27-26(29)25-15-24(14-13-20(25)3)33(30,31)28-16-21-9-5-4-6-10-21/h4-15,19,28H,16-18H2,1-3H3,(H,27,29). The summed E-state index contributed by atoms with van der Waals surface area (Å²) < 4.78 is 33.9. The van der Waals surface area contributed by atoms with E-state index in [9.17, 15) is 13.2 Å². The Kier molecular flexibility index (Phi) is 8.38. The molecule has 0 aliphatic carbocycles. The monoisotopic (exact) mass is 466 g/mol. The van der Waals surface area contributed by atoms with Crippen LogP contribution in [0.25, 0.3) is 0 Å². The summed E-state index contributed by atoms with van der Waals surface area (Å²) in [5, 5.41) is 2.91. The van der Waals surface area contributed by atoms with Crippen LogP contribution >= 0.6 is 0 Å². The summed E-state index contributed by atoms with van der Waals surface area (Å²) in [6, 6.07) is 21.6. The van der Waals surface area contributed by atoms with Gasteiger partial charge in [0.15, 0.2) is 0 Å². The molecule has 0 fully saturated rings. The number of amides is 1. The van der Waals surface area contributed by atoms with Crippen LogP contribution in [0.2, 0.25) is 0 Å². The molecule has 3 aromatic carbocycles. The fourth-order valence-electron chi connectivity index (χ4n) is 3.27. The van der Waals surface area contributed by atoms with Crippen molar-refractivity contribution in [2.75, 3.05) is 0 Å². The third-order valence-electron chi connectivity index (χ3n) is 5.20. The second-order valence-corrected chi connectivity index (χ2v) is 9.86. The lowest BCUT2D eigenvalue weighted by molar-refractivity contribution is 0.0651. The van der Waals surface area contributed by atoms with E-state index in [0.717, 1.165) is 16.7 Å². The van der Waals surface area contributed by atoms with E-state index < -0.39 is 10.0 Å². The number of sulfonamides is 1. The maximum atomic E-state index is 12.9. The molecule has 3 rings (SSSR count). The third kappa shape index (κ3) is 6.99. The number of benzene rings is 3. The highest BCUT2D eigenvalue weighted by atomic mass is 32.2. The predicted molar refractivity (Wildman–Crippen MR) is 129 cm³/mol. The Labute approximate surface area is 196 Å². The van der Waals surface area contributed by atoms with Crippen molar-refractivity contribution in [3.8, 4) is 0 Å². The van der Waals surface area contributed by atoms with Gasteiger partial charge in [-0.15, -0.1) is 0 Å². The molecular formula is C26H30N2O4S. The molecule has 0 heterocycles. The zero-order valence-electron chi connectivity index (χ0n) is 19.2. The highest BCUT2D eigenvalue weighted by molar-refractivity contribution is 7.89. The lowest BCUT2D eigenvalue weighted by atomic mass is 10.1. The maximum Gasteiger partial charge on any atom is 0.251 e. The molecule has 33 heavy (non-hydrogen) atoms. The Bertz CT molecular complexity index is 1190. The van der Waals surface area contributed by atoms with Gasteiger partial charge in [0.2, 0.25) is 10.0 Å². The lowest BCUT2D eigenvalue weighted by Gasteiger charge is -2.14. The first-order valence-corrected chi connectivity index (χ1v) is 12.4. The number of carbonyl (C=O) groups excluding carboxylic acids is 1. The quantitative estimate of drug-likeness (QED) is 0.466. The number of hydrogen-bond donors (Lipinski definition) is 2. The molecule has 0 unspecified atom stereocenters. The molecule has 1 amide bonds. The van der Waals surface area contributed by atoms with Gasteiger partial charge in [0.05, 0.1) is 17.6 Å². The summed E-state index contributed by atoms with van der Waals surface area (Å²) >= 11 is 0. The minimum Gasteiger partial charge on any atom is -0.374 e. The number of aryl methyl sites for hydroxylation is 1. The average molecular weight is 467 g/mol. The first-order chi connectivity index (χ1) is 15.8. The van der Waals surface area contributed by atoms with Gasteiger partial charge in [-0.3, -0.25) is 4.79 Å². The zero-order valence-corrected chi connectivity index (χ0v) is 20.0. The Morgan fingerprint density at radius 3 is 2.27 bits per heavy atom. The second kappa shape index (κ2) is 11.2. The fraction of sp³-hybridized carbons (Fsp3) is 0.269. The average Bonchev–Trinajstić information content (AvgIpc) is 2.81. The highest BCUT2D eigenvalue weighted by Gasteiger charge is 2.18. The van der Waals surface area contributed by atoms with Crippen molar-refractivity contribution in [1.82, 2.24) is 10.0 Å². The number of hydrogen-bond acceptors (Lipinski definition) is 4. The summed E-state index contributed by atoms with van der Waals surface area (Å²) in [7, 11) is -3.77. The van der Waals surface area contributed by atoms with Crippen molar-refractivity contribution >= 4 is 15.9 Å². The van der Waals surface area contributed by atoms with Gasteiger partial charge in [-0.25, -0.2) is 13.1 Å². The summed E-state index contributed by atoms with van der Waals surface area (Å²) in [6.45, 7) is 6.69. The van der Waals surface area contributed by atoms with Crippen LogP contribution in [0.4, 0.5) is 0 Å². The van der Waals surface area contributed by atoms with Gasteiger partial charge < -0.3 is 10.1 Å². The number of ether oxygens (including phenoxy) is 1. The van der Waals surface area contributed by atoms with E-state index in [1.165, 1.54) is 12.1 Å². The van der Waals surface area contributed by atoms with E-state index >= 15 is 0 Å². The summed E-state index contributed by atoms with van der Waals surface area (Å²) in [4.78, 5) is 13.0. The van der Waals surface area contributed by atoms with Gasteiger partial charge in [0.25, 0.3) is 5.91 Å². The number of rotatable bonds is 10.